The van der Waals surface area contributed by atoms with Crippen LogP contribution in [0.2, 0.25) is 15.1 Å². The van der Waals surface area contributed by atoms with Crippen LogP contribution in [0.15, 0.2) is 30.3 Å². The average molecular weight is 387 g/mol. The second kappa shape index (κ2) is 7.83. The SMILES string of the molecule is COc1cc(CNC2CC2)c(Cl)cc1OCc1ccc(Cl)cc1Cl. The van der Waals surface area contributed by atoms with Gasteiger partial charge in [0, 0.05) is 39.3 Å². The molecule has 1 saturated carbocycles. The zero-order valence-corrected chi connectivity index (χ0v) is 15.5. The van der Waals surface area contributed by atoms with Crippen molar-refractivity contribution in [1.82, 2.24) is 5.32 Å². The normalized spacial score (nSPS) is 13.8. The van der Waals surface area contributed by atoms with Crippen LogP contribution in [0.5, 0.6) is 11.5 Å². The number of ether oxygens (including phenoxy) is 2. The van der Waals surface area contributed by atoms with Gasteiger partial charge >= 0.3 is 0 Å². The molecule has 0 bridgehead atoms. The van der Waals surface area contributed by atoms with E-state index in [0.717, 1.165) is 17.7 Å². The van der Waals surface area contributed by atoms with Gasteiger partial charge < -0.3 is 14.8 Å². The molecule has 0 saturated heterocycles. The molecule has 0 spiro atoms. The van der Waals surface area contributed by atoms with Gasteiger partial charge in [-0.05, 0) is 36.6 Å². The molecule has 2 aromatic rings. The van der Waals surface area contributed by atoms with E-state index in [2.05, 4.69) is 5.32 Å². The van der Waals surface area contributed by atoms with E-state index in [1.165, 1.54) is 12.8 Å². The highest BCUT2D eigenvalue weighted by molar-refractivity contribution is 6.35. The predicted octanol–water partition coefficient (Wildman–Crippen LogP) is 5.49. The van der Waals surface area contributed by atoms with E-state index in [1.54, 1.807) is 25.3 Å². The third kappa shape index (κ3) is 4.48. The lowest BCUT2D eigenvalue weighted by Gasteiger charge is -2.15. The first-order valence-corrected chi connectivity index (χ1v) is 8.86. The first kappa shape index (κ1) is 17.7. The van der Waals surface area contributed by atoms with E-state index in [4.69, 9.17) is 44.3 Å². The quantitative estimate of drug-likeness (QED) is 0.683. The number of hydrogen-bond donors (Lipinski definition) is 1. The molecule has 1 aliphatic rings. The molecular formula is C18H18Cl3NO2. The molecule has 0 aliphatic heterocycles. The van der Waals surface area contributed by atoms with Crippen LogP contribution < -0.4 is 14.8 Å². The Morgan fingerprint density at radius 2 is 1.75 bits per heavy atom. The molecule has 0 atom stereocenters. The minimum Gasteiger partial charge on any atom is -0.493 e. The Bertz CT molecular complexity index is 732. The van der Waals surface area contributed by atoms with Gasteiger partial charge in [0.05, 0.1) is 7.11 Å². The molecule has 3 nitrogen and oxygen atoms in total. The zero-order valence-electron chi connectivity index (χ0n) is 13.2. The standard InChI is InChI=1S/C18H18Cl3NO2/c1-23-17-6-12(9-22-14-4-5-14)16(21)8-18(17)24-10-11-2-3-13(19)7-15(11)20/h2-3,6-8,14,22H,4-5,9-10H2,1H3. The van der Waals surface area contributed by atoms with E-state index in [-0.39, 0.29) is 0 Å². The van der Waals surface area contributed by atoms with E-state index in [1.807, 2.05) is 12.1 Å². The van der Waals surface area contributed by atoms with Crippen LogP contribution in [0, 0.1) is 0 Å². The summed E-state index contributed by atoms with van der Waals surface area (Å²) < 4.78 is 11.3. The smallest absolute Gasteiger partial charge is 0.163 e. The van der Waals surface area contributed by atoms with Crippen molar-refractivity contribution in [3.8, 4) is 11.5 Å². The third-order valence-electron chi connectivity index (χ3n) is 3.89. The molecule has 0 heterocycles. The Morgan fingerprint density at radius 1 is 1.00 bits per heavy atom. The van der Waals surface area contributed by atoms with Gasteiger partial charge in [0.2, 0.25) is 0 Å². The summed E-state index contributed by atoms with van der Waals surface area (Å²) in [4.78, 5) is 0. The van der Waals surface area contributed by atoms with E-state index < -0.39 is 0 Å². The minimum atomic E-state index is 0.308. The highest BCUT2D eigenvalue weighted by Crippen LogP contribution is 2.35. The van der Waals surface area contributed by atoms with Gasteiger partial charge in [0.25, 0.3) is 0 Å². The van der Waals surface area contributed by atoms with Crippen molar-refractivity contribution in [2.24, 2.45) is 0 Å². The summed E-state index contributed by atoms with van der Waals surface area (Å²) in [5.41, 5.74) is 1.84. The summed E-state index contributed by atoms with van der Waals surface area (Å²) in [6, 6.07) is 9.63. The Hall–Kier alpha value is -1.13. The van der Waals surface area contributed by atoms with Crippen molar-refractivity contribution in [3.05, 3.63) is 56.5 Å². The van der Waals surface area contributed by atoms with Crippen LogP contribution in [-0.4, -0.2) is 13.2 Å². The van der Waals surface area contributed by atoms with Crippen LogP contribution in [0.4, 0.5) is 0 Å². The van der Waals surface area contributed by atoms with Crippen molar-refractivity contribution in [1.29, 1.82) is 0 Å². The maximum atomic E-state index is 6.38. The third-order valence-corrected chi connectivity index (χ3v) is 4.83. The van der Waals surface area contributed by atoms with Gasteiger partial charge in [0.1, 0.15) is 6.61 Å². The number of rotatable bonds is 7. The number of methoxy groups -OCH3 is 1. The molecule has 0 aromatic heterocycles. The first-order valence-electron chi connectivity index (χ1n) is 7.73. The minimum absolute atomic E-state index is 0.308. The van der Waals surface area contributed by atoms with Crippen molar-refractivity contribution in [2.75, 3.05) is 7.11 Å². The van der Waals surface area contributed by atoms with Gasteiger partial charge in [-0.1, -0.05) is 40.9 Å². The summed E-state index contributed by atoms with van der Waals surface area (Å²) in [5.74, 6) is 1.24. The van der Waals surface area contributed by atoms with Gasteiger partial charge in [0.15, 0.2) is 11.5 Å². The molecule has 6 heteroatoms. The highest BCUT2D eigenvalue weighted by Gasteiger charge is 2.21. The van der Waals surface area contributed by atoms with Crippen LogP contribution in [-0.2, 0) is 13.2 Å². The number of halogens is 3. The second-order valence-corrected chi connectivity index (χ2v) is 7.02. The fourth-order valence-electron chi connectivity index (χ4n) is 2.32. The van der Waals surface area contributed by atoms with E-state index in [0.29, 0.717) is 39.2 Å². The molecule has 0 unspecified atom stereocenters. The average Bonchev–Trinajstić information content (AvgIpc) is 3.37. The molecule has 128 valence electrons. The summed E-state index contributed by atoms with van der Waals surface area (Å²) in [7, 11) is 1.61. The van der Waals surface area contributed by atoms with Crippen molar-refractivity contribution >= 4 is 34.8 Å². The maximum absolute atomic E-state index is 6.38. The van der Waals surface area contributed by atoms with Gasteiger partial charge in [-0.15, -0.1) is 0 Å². The molecule has 0 amide bonds. The summed E-state index contributed by atoms with van der Waals surface area (Å²) in [5, 5.41) is 5.26. The largest absolute Gasteiger partial charge is 0.493 e. The highest BCUT2D eigenvalue weighted by atomic mass is 35.5. The molecule has 1 N–H and O–H groups in total. The molecule has 24 heavy (non-hydrogen) atoms. The van der Waals surface area contributed by atoms with Crippen LogP contribution in [0.25, 0.3) is 0 Å². The van der Waals surface area contributed by atoms with E-state index in [9.17, 15) is 0 Å². The Labute approximate surface area is 156 Å². The van der Waals surface area contributed by atoms with Gasteiger partial charge in [-0.3, -0.25) is 0 Å². The number of benzene rings is 2. The lowest BCUT2D eigenvalue weighted by atomic mass is 10.2. The molecular weight excluding hydrogens is 369 g/mol. The Morgan fingerprint density at radius 3 is 2.42 bits per heavy atom. The lowest BCUT2D eigenvalue weighted by Crippen LogP contribution is -2.15. The van der Waals surface area contributed by atoms with Crippen molar-refractivity contribution in [2.45, 2.75) is 32.0 Å². The van der Waals surface area contributed by atoms with Crippen LogP contribution in [0.1, 0.15) is 24.0 Å². The number of nitrogens with one attached hydrogen (secondary N) is 1. The fraction of sp³-hybridized carbons (Fsp3) is 0.333. The second-order valence-electron chi connectivity index (χ2n) is 5.77. The monoisotopic (exact) mass is 385 g/mol. The summed E-state index contributed by atoms with van der Waals surface area (Å²) >= 11 is 18.5. The molecule has 0 radical (unpaired) electrons. The number of hydrogen-bond acceptors (Lipinski definition) is 3. The van der Waals surface area contributed by atoms with Gasteiger partial charge in [-0.2, -0.15) is 0 Å². The Kier molecular flexibility index (Phi) is 5.77. The molecule has 1 fully saturated rings. The molecule has 2 aromatic carbocycles. The maximum Gasteiger partial charge on any atom is 0.163 e. The summed E-state index contributed by atoms with van der Waals surface area (Å²) in [6.07, 6.45) is 2.47. The lowest BCUT2D eigenvalue weighted by molar-refractivity contribution is 0.284. The predicted molar refractivity (Wildman–Crippen MR) is 98.7 cm³/mol. The molecule has 1 aliphatic carbocycles. The van der Waals surface area contributed by atoms with Gasteiger partial charge in [-0.25, -0.2) is 0 Å². The van der Waals surface area contributed by atoms with Crippen molar-refractivity contribution < 1.29 is 9.47 Å². The topological polar surface area (TPSA) is 30.5 Å². The summed E-state index contributed by atoms with van der Waals surface area (Å²) in [6.45, 7) is 1.03. The van der Waals surface area contributed by atoms with E-state index >= 15 is 0 Å². The molecule has 3 rings (SSSR count). The zero-order chi connectivity index (χ0) is 17.1. The van der Waals surface area contributed by atoms with Crippen LogP contribution in [0.3, 0.4) is 0 Å². The fourth-order valence-corrected chi connectivity index (χ4v) is 3.00. The van der Waals surface area contributed by atoms with Crippen molar-refractivity contribution in [3.63, 3.8) is 0 Å². The van der Waals surface area contributed by atoms with Crippen LogP contribution >= 0.6 is 34.8 Å². The Balaban J connectivity index is 1.72. The first-order chi connectivity index (χ1) is 11.6.